The van der Waals surface area contributed by atoms with E-state index in [9.17, 15) is 0 Å². The Labute approximate surface area is 131 Å². The summed E-state index contributed by atoms with van der Waals surface area (Å²) < 4.78 is 0. The minimum Gasteiger partial charge on any atom is -0.368 e. The van der Waals surface area contributed by atoms with Gasteiger partial charge in [0.15, 0.2) is 0 Å². The maximum atomic E-state index is 6.05. The third-order valence-electron chi connectivity index (χ3n) is 2.32. The van der Waals surface area contributed by atoms with Gasteiger partial charge in [0.2, 0.25) is 5.95 Å². The first-order valence-corrected chi connectivity index (χ1v) is 7.30. The summed E-state index contributed by atoms with van der Waals surface area (Å²) in [7, 11) is 0. The highest BCUT2D eigenvalue weighted by molar-refractivity contribution is 6.31. The summed E-state index contributed by atoms with van der Waals surface area (Å²) in [6, 6.07) is 7.56. The molecule has 0 saturated heterocycles. The molecule has 21 heavy (non-hydrogen) atoms. The third-order valence-corrected chi connectivity index (χ3v) is 2.72. The molecule has 1 heterocycles. The molecule has 0 atom stereocenters. The predicted octanol–water partition coefficient (Wildman–Crippen LogP) is 4.73. The average Bonchev–Trinajstić information content (AvgIpc) is 2.32. The highest BCUT2D eigenvalue weighted by Crippen LogP contribution is 2.22. The van der Waals surface area contributed by atoms with Crippen molar-refractivity contribution in [2.45, 2.75) is 34.6 Å². The van der Waals surface area contributed by atoms with Crippen LogP contribution in [-0.2, 0) is 0 Å². The molecular formula is C16H23ClN4. The van der Waals surface area contributed by atoms with Gasteiger partial charge in [-0.15, -0.1) is 0 Å². The van der Waals surface area contributed by atoms with Crippen LogP contribution in [0.4, 0.5) is 17.5 Å². The number of anilines is 3. The van der Waals surface area contributed by atoms with Crippen LogP contribution in [0.5, 0.6) is 0 Å². The zero-order valence-electron chi connectivity index (χ0n) is 13.2. The molecule has 0 amide bonds. The van der Waals surface area contributed by atoms with Crippen LogP contribution in [0.3, 0.4) is 0 Å². The number of nitrogens with two attached hydrogens (primary N) is 1. The molecule has 1 aromatic carbocycles. The van der Waals surface area contributed by atoms with Crippen molar-refractivity contribution in [1.82, 2.24) is 9.97 Å². The molecule has 3 N–H and O–H groups in total. The van der Waals surface area contributed by atoms with Crippen LogP contribution in [0, 0.1) is 19.8 Å². The predicted molar refractivity (Wildman–Crippen MR) is 91.2 cm³/mol. The van der Waals surface area contributed by atoms with Gasteiger partial charge in [0.1, 0.15) is 5.82 Å². The number of benzene rings is 1. The SMILES string of the molecule is CC(C)C.Cc1cc(Nc2ccc(C)c(Cl)c2)nc(N)n1. The highest BCUT2D eigenvalue weighted by Gasteiger charge is 2.02. The first-order valence-electron chi connectivity index (χ1n) is 6.92. The van der Waals surface area contributed by atoms with E-state index in [-0.39, 0.29) is 5.95 Å². The van der Waals surface area contributed by atoms with Crippen molar-refractivity contribution in [3.63, 3.8) is 0 Å². The van der Waals surface area contributed by atoms with Gasteiger partial charge in [-0.3, -0.25) is 0 Å². The molecular weight excluding hydrogens is 284 g/mol. The van der Waals surface area contributed by atoms with Crippen LogP contribution >= 0.6 is 11.6 Å². The number of halogens is 1. The van der Waals surface area contributed by atoms with Gasteiger partial charge in [0, 0.05) is 22.5 Å². The van der Waals surface area contributed by atoms with Gasteiger partial charge in [0.05, 0.1) is 0 Å². The van der Waals surface area contributed by atoms with E-state index in [1.54, 1.807) is 0 Å². The molecule has 5 heteroatoms. The fourth-order valence-electron chi connectivity index (χ4n) is 1.47. The van der Waals surface area contributed by atoms with Crippen molar-refractivity contribution in [3.05, 3.63) is 40.5 Å². The first kappa shape index (κ1) is 17.2. The van der Waals surface area contributed by atoms with Crippen molar-refractivity contribution >= 4 is 29.1 Å². The van der Waals surface area contributed by atoms with E-state index in [0.29, 0.717) is 10.8 Å². The summed E-state index contributed by atoms with van der Waals surface area (Å²) in [4.78, 5) is 8.10. The number of nitrogen functional groups attached to an aromatic ring is 1. The lowest BCUT2D eigenvalue weighted by molar-refractivity contribution is 0.737. The second-order valence-electron chi connectivity index (χ2n) is 5.57. The van der Waals surface area contributed by atoms with Crippen LogP contribution < -0.4 is 11.1 Å². The molecule has 0 spiro atoms. The van der Waals surface area contributed by atoms with Crippen LogP contribution in [0.2, 0.25) is 5.02 Å². The lowest BCUT2D eigenvalue weighted by Crippen LogP contribution is -2.01. The smallest absolute Gasteiger partial charge is 0.222 e. The molecule has 2 rings (SSSR count). The van der Waals surface area contributed by atoms with Gasteiger partial charge in [-0.25, -0.2) is 4.98 Å². The van der Waals surface area contributed by atoms with E-state index in [2.05, 4.69) is 36.1 Å². The zero-order valence-corrected chi connectivity index (χ0v) is 14.0. The molecule has 0 aliphatic rings. The van der Waals surface area contributed by atoms with E-state index >= 15 is 0 Å². The van der Waals surface area contributed by atoms with Crippen molar-refractivity contribution in [1.29, 1.82) is 0 Å². The third kappa shape index (κ3) is 6.45. The fraction of sp³-hybridized carbons (Fsp3) is 0.375. The van der Waals surface area contributed by atoms with Crippen molar-refractivity contribution in [2.24, 2.45) is 5.92 Å². The van der Waals surface area contributed by atoms with Gasteiger partial charge in [-0.1, -0.05) is 38.4 Å². The largest absolute Gasteiger partial charge is 0.368 e. The molecule has 0 unspecified atom stereocenters. The summed E-state index contributed by atoms with van der Waals surface area (Å²) in [5.74, 6) is 1.75. The summed E-state index contributed by atoms with van der Waals surface area (Å²) in [5, 5.41) is 3.85. The van der Waals surface area contributed by atoms with Crippen molar-refractivity contribution in [3.8, 4) is 0 Å². The van der Waals surface area contributed by atoms with Gasteiger partial charge in [-0.2, -0.15) is 4.98 Å². The van der Waals surface area contributed by atoms with Crippen LogP contribution in [0.1, 0.15) is 32.0 Å². The molecule has 4 nitrogen and oxygen atoms in total. The van der Waals surface area contributed by atoms with Gasteiger partial charge in [-0.05, 0) is 37.5 Å². The Morgan fingerprint density at radius 3 is 2.24 bits per heavy atom. The lowest BCUT2D eigenvalue weighted by atomic mass is 10.2. The van der Waals surface area contributed by atoms with E-state index in [0.717, 1.165) is 22.9 Å². The summed E-state index contributed by atoms with van der Waals surface area (Å²) in [6.45, 7) is 10.3. The summed E-state index contributed by atoms with van der Waals surface area (Å²) >= 11 is 6.05. The number of aromatic nitrogens is 2. The maximum absolute atomic E-state index is 6.05. The average molecular weight is 307 g/mol. The van der Waals surface area contributed by atoms with Gasteiger partial charge >= 0.3 is 0 Å². The molecule has 0 aliphatic heterocycles. The quantitative estimate of drug-likeness (QED) is 0.841. The normalized spacial score (nSPS) is 10.0. The number of hydrogen-bond acceptors (Lipinski definition) is 4. The minimum absolute atomic E-state index is 0.255. The maximum Gasteiger partial charge on any atom is 0.222 e. The van der Waals surface area contributed by atoms with Crippen molar-refractivity contribution < 1.29 is 0 Å². The van der Waals surface area contributed by atoms with E-state index in [1.165, 1.54) is 0 Å². The second kappa shape index (κ2) is 7.84. The number of hydrogen-bond donors (Lipinski definition) is 2. The standard InChI is InChI=1S/C12H13ClN4.C4H10/c1-7-3-4-9(6-10(7)13)16-11-5-8(2)15-12(14)17-11;1-4(2)3/h3-6H,1-2H3,(H3,14,15,16,17);4H,1-3H3. The minimum atomic E-state index is 0.255. The topological polar surface area (TPSA) is 63.8 Å². The monoisotopic (exact) mass is 306 g/mol. The molecule has 1 aromatic heterocycles. The molecule has 114 valence electrons. The summed E-state index contributed by atoms with van der Waals surface area (Å²) in [6.07, 6.45) is 0. The second-order valence-corrected chi connectivity index (χ2v) is 5.98. The Kier molecular flexibility index (Phi) is 6.43. The Morgan fingerprint density at radius 1 is 1.10 bits per heavy atom. The Morgan fingerprint density at radius 2 is 1.71 bits per heavy atom. The highest BCUT2D eigenvalue weighted by atomic mass is 35.5. The number of nitrogens with zero attached hydrogens (tertiary/aromatic N) is 2. The fourth-order valence-corrected chi connectivity index (χ4v) is 1.65. The number of nitrogens with one attached hydrogen (secondary N) is 1. The Hall–Kier alpha value is -1.81. The zero-order chi connectivity index (χ0) is 16.0. The van der Waals surface area contributed by atoms with E-state index < -0.39 is 0 Å². The Bertz CT molecular complexity index is 574. The Balaban J connectivity index is 0.000000491. The van der Waals surface area contributed by atoms with Crippen LogP contribution in [0.25, 0.3) is 0 Å². The van der Waals surface area contributed by atoms with E-state index in [4.69, 9.17) is 17.3 Å². The first-order chi connectivity index (χ1) is 9.77. The molecule has 0 bridgehead atoms. The van der Waals surface area contributed by atoms with Crippen LogP contribution in [-0.4, -0.2) is 9.97 Å². The number of aryl methyl sites for hydroxylation is 2. The van der Waals surface area contributed by atoms with Crippen molar-refractivity contribution in [2.75, 3.05) is 11.1 Å². The van der Waals surface area contributed by atoms with E-state index in [1.807, 2.05) is 38.1 Å². The molecule has 0 radical (unpaired) electrons. The number of rotatable bonds is 2. The van der Waals surface area contributed by atoms with Crippen LogP contribution in [0.15, 0.2) is 24.3 Å². The molecule has 0 aliphatic carbocycles. The summed E-state index contributed by atoms with van der Waals surface area (Å²) in [5.41, 5.74) is 8.31. The molecule has 2 aromatic rings. The molecule has 0 saturated carbocycles. The van der Waals surface area contributed by atoms with Gasteiger partial charge in [0.25, 0.3) is 0 Å². The lowest BCUT2D eigenvalue weighted by Gasteiger charge is -2.08. The van der Waals surface area contributed by atoms with Gasteiger partial charge < -0.3 is 11.1 Å². The molecule has 0 fully saturated rings.